The number of carbonyl (C=O) groups excluding carboxylic acids is 2. The Morgan fingerprint density at radius 2 is 1.75 bits per heavy atom. The zero-order chi connectivity index (χ0) is 20.1. The summed E-state index contributed by atoms with van der Waals surface area (Å²) >= 11 is 0. The molecule has 1 aliphatic rings. The molecule has 0 bridgehead atoms. The number of benzene rings is 1. The summed E-state index contributed by atoms with van der Waals surface area (Å²) in [7, 11) is 0. The average molecular weight is 380 g/mol. The minimum Gasteiger partial charge on any atom is -0.353 e. The van der Waals surface area contributed by atoms with Crippen LogP contribution in [0.1, 0.15) is 36.2 Å². The number of aryl methyl sites for hydroxylation is 1. The molecule has 28 heavy (non-hydrogen) atoms. The van der Waals surface area contributed by atoms with Gasteiger partial charge in [0, 0.05) is 37.7 Å². The van der Waals surface area contributed by atoms with Crippen molar-refractivity contribution in [2.75, 3.05) is 36.4 Å². The van der Waals surface area contributed by atoms with E-state index in [1.54, 1.807) is 6.20 Å². The molecule has 0 aliphatic carbocycles. The third-order valence-corrected chi connectivity index (χ3v) is 5.27. The molecule has 2 amide bonds. The fourth-order valence-corrected chi connectivity index (χ4v) is 3.20. The van der Waals surface area contributed by atoms with Crippen LogP contribution in [0.25, 0.3) is 0 Å². The van der Waals surface area contributed by atoms with E-state index >= 15 is 0 Å². The second-order valence-electron chi connectivity index (χ2n) is 7.35. The van der Waals surface area contributed by atoms with Gasteiger partial charge in [0.1, 0.15) is 5.82 Å². The van der Waals surface area contributed by atoms with Gasteiger partial charge in [-0.1, -0.05) is 31.5 Å². The van der Waals surface area contributed by atoms with Gasteiger partial charge < -0.3 is 15.1 Å². The Hall–Kier alpha value is -2.89. The minimum absolute atomic E-state index is 0.0844. The lowest BCUT2D eigenvalue weighted by atomic mass is 10.1. The maximum atomic E-state index is 12.3. The van der Waals surface area contributed by atoms with Crippen LogP contribution in [-0.2, 0) is 4.79 Å². The Labute approximate surface area is 166 Å². The second kappa shape index (κ2) is 8.87. The molecule has 1 aliphatic heterocycles. The average Bonchev–Trinajstić information content (AvgIpc) is 2.73. The highest BCUT2D eigenvalue weighted by Gasteiger charge is 2.24. The van der Waals surface area contributed by atoms with Crippen molar-refractivity contribution < 1.29 is 9.59 Å². The molecule has 1 atom stereocenters. The van der Waals surface area contributed by atoms with Gasteiger partial charge in [0.15, 0.2) is 0 Å². The van der Waals surface area contributed by atoms with E-state index in [-0.39, 0.29) is 17.7 Å². The Kier molecular flexibility index (Phi) is 6.29. The van der Waals surface area contributed by atoms with E-state index in [9.17, 15) is 9.59 Å². The van der Waals surface area contributed by atoms with Gasteiger partial charge >= 0.3 is 0 Å². The monoisotopic (exact) mass is 380 g/mol. The number of carbonyl (C=O) groups is 2. The van der Waals surface area contributed by atoms with Crippen molar-refractivity contribution in [3.63, 3.8) is 0 Å². The quantitative estimate of drug-likeness (QED) is 0.864. The van der Waals surface area contributed by atoms with Crippen LogP contribution >= 0.6 is 0 Å². The number of pyridine rings is 1. The van der Waals surface area contributed by atoms with Crippen molar-refractivity contribution in [2.45, 2.75) is 27.2 Å². The summed E-state index contributed by atoms with van der Waals surface area (Å²) in [5, 5.41) is 2.88. The lowest BCUT2D eigenvalue weighted by Gasteiger charge is -2.36. The van der Waals surface area contributed by atoms with Crippen molar-refractivity contribution >= 4 is 23.3 Å². The van der Waals surface area contributed by atoms with E-state index in [4.69, 9.17) is 0 Å². The number of nitrogens with one attached hydrogen (secondary N) is 1. The first-order valence-electron chi connectivity index (χ1n) is 9.85. The zero-order valence-electron chi connectivity index (χ0n) is 16.8. The number of amides is 2. The van der Waals surface area contributed by atoms with Crippen LogP contribution in [0.3, 0.4) is 0 Å². The van der Waals surface area contributed by atoms with Gasteiger partial charge in [-0.15, -0.1) is 0 Å². The highest BCUT2D eigenvalue weighted by atomic mass is 16.2. The Morgan fingerprint density at radius 3 is 2.32 bits per heavy atom. The summed E-state index contributed by atoms with van der Waals surface area (Å²) in [6, 6.07) is 11.2. The van der Waals surface area contributed by atoms with Crippen LogP contribution in [0, 0.1) is 12.8 Å². The van der Waals surface area contributed by atoms with Gasteiger partial charge in [0.25, 0.3) is 5.91 Å². The predicted octanol–water partition coefficient (Wildman–Crippen LogP) is 3.34. The lowest BCUT2D eigenvalue weighted by molar-refractivity contribution is -0.135. The van der Waals surface area contributed by atoms with Crippen LogP contribution in [0.5, 0.6) is 0 Å². The fourth-order valence-electron chi connectivity index (χ4n) is 3.20. The summed E-state index contributed by atoms with van der Waals surface area (Å²) in [6.45, 7) is 8.99. The molecule has 0 unspecified atom stereocenters. The van der Waals surface area contributed by atoms with Gasteiger partial charge in [-0.3, -0.25) is 9.59 Å². The van der Waals surface area contributed by atoms with Gasteiger partial charge in [-0.2, -0.15) is 0 Å². The van der Waals surface area contributed by atoms with Crippen LogP contribution < -0.4 is 10.2 Å². The zero-order valence-corrected chi connectivity index (χ0v) is 16.8. The number of hydrogen-bond donors (Lipinski definition) is 1. The molecule has 1 N–H and O–H groups in total. The van der Waals surface area contributed by atoms with Gasteiger partial charge in [0.05, 0.1) is 11.9 Å². The van der Waals surface area contributed by atoms with Crippen molar-refractivity contribution in [1.29, 1.82) is 0 Å². The maximum absolute atomic E-state index is 12.3. The highest BCUT2D eigenvalue weighted by molar-refractivity contribution is 6.04. The molecule has 2 aromatic rings. The van der Waals surface area contributed by atoms with E-state index in [2.05, 4.69) is 15.2 Å². The normalized spacial score (nSPS) is 15.2. The molecule has 1 fully saturated rings. The summed E-state index contributed by atoms with van der Waals surface area (Å²) in [5.41, 5.74) is 2.41. The SMILES string of the molecule is CC[C@@H](C)C(=O)N1CCN(c2ccc(NC(=O)c3ccc(C)cc3)cn2)CC1. The van der Waals surface area contributed by atoms with Crippen molar-refractivity contribution in [3.05, 3.63) is 53.7 Å². The van der Waals surface area contributed by atoms with Crippen LogP contribution in [0.4, 0.5) is 11.5 Å². The third kappa shape index (κ3) is 4.68. The molecule has 0 saturated carbocycles. The number of rotatable bonds is 5. The molecule has 6 heteroatoms. The number of nitrogens with zero attached hydrogens (tertiary/aromatic N) is 3. The number of hydrogen-bond acceptors (Lipinski definition) is 4. The molecule has 1 saturated heterocycles. The molecule has 148 valence electrons. The first kappa shape index (κ1) is 19.9. The lowest BCUT2D eigenvalue weighted by Crippen LogP contribution is -2.50. The minimum atomic E-state index is -0.147. The smallest absolute Gasteiger partial charge is 0.255 e. The second-order valence-corrected chi connectivity index (χ2v) is 7.35. The van der Waals surface area contributed by atoms with E-state index in [0.717, 1.165) is 44.0 Å². The van der Waals surface area contributed by atoms with Crippen LogP contribution in [0.15, 0.2) is 42.6 Å². The molecule has 0 radical (unpaired) electrons. The van der Waals surface area contributed by atoms with Gasteiger partial charge in [-0.25, -0.2) is 4.98 Å². The number of piperazine rings is 1. The topological polar surface area (TPSA) is 65.5 Å². The maximum Gasteiger partial charge on any atom is 0.255 e. The Balaban J connectivity index is 1.55. The molecule has 2 heterocycles. The Morgan fingerprint density at radius 1 is 1.07 bits per heavy atom. The van der Waals surface area contributed by atoms with E-state index in [1.165, 1.54) is 0 Å². The first-order chi connectivity index (χ1) is 13.5. The molecular formula is C22H28N4O2. The molecule has 6 nitrogen and oxygen atoms in total. The molecule has 1 aromatic heterocycles. The number of aromatic nitrogens is 1. The fraction of sp³-hybridized carbons (Fsp3) is 0.409. The molecule has 0 spiro atoms. The van der Waals surface area contributed by atoms with Crippen molar-refractivity contribution in [2.24, 2.45) is 5.92 Å². The molecule has 1 aromatic carbocycles. The highest BCUT2D eigenvalue weighted by Crippen LogP contribution is 2.18. The molecule has 3 rings (SSSR count). The van der Waals surface area contributed by atoms with Crippen LogP contribution in [0.2, 0.25) is 0 Å². The standard InChI is InChI=1S/C22H28N4O2/c1-4-17(3)22(28)26-13-11-25(12-14-26)20-10-9-19(15-23-20)24-21(27)18-7-5-16(2)6-8-18/h5-10,15,17H,4,11-14H2,1-3H3,(H,24,27)/t17-/m1/s1. The summed E-state index contributed by atoms with van der Waals surface area (Å²) in [5.74, 6) is 1.04. The summed E-state index contributed by atoms with van der Waals surface area (Å²) in [4.78, 5) is 33.2. The largest absolute Gasteiger partial charge is 0.353 e. The van der Waals surface area contributed by atoms with Gasteiger partial charge in [0.2, 0.25) is 5.91 Å². The number of anilines is 2. The Bertz CT molecular complexity index is 809. The summed E-state index contributed by atoms with van der Waals surface area (Å²) in [6.07, 6.45) is 2.55. The van der Waals surface area contributed by atoms with Crippen molar-refractivity contribution in [3.8, 4) is 0 Å². The van der Waals surface area contributed by atoms with Crippen molar-refractivity contribution in [1.82, 2.24) is 9.88 Å². The third-order valence-electron chi connectivity index (χ3n) is 5.27. The first-order valence-corrected chi connectivity index (χ1v) is 9.85. The van der Waals surface area contributed by atoms with E-state index in [1.807, 2.05) is 62.1 Å². The van der Waals surface area contributed by atoms with E-state index in [0.29, 0.717) is 11.3 Å². The van der Waals surface area contributed by atoms with Crippen LogP contribution in [-0.4, -0.2) is 47.9 Å². The predicted molar refractivity (Wildman–Crippen MR) is 112 cm³/mol. The van der Waals surface area contributed by atoms with Gasteiger partial charge in [-0.05, 0) is 37.6 Å². The van der Waals surface area contributed by atoms with E-state index < -0.39 is 0 Å². The molecular weight excluding hydrogens is 352 g/mol. The summed E-state index contributed by atoms with van der Waals surface area (Å²) < 4.78 is 0.